The maximum absolute atomic E-state index is 5.50. The third-order valence-corrected chi connectivity index (χ3v) is 2.84. The molecule has 2 rings (SSSR count). The Kier molecular flexibility index (Phi) is 2.64. The minimum absolute atomic E-state index is 0.553. The van der Waals surface area contributed by atoms with Gasteiger partial charge in [-0.1, -0.05) is 12.8 Å². The molecule has 1 aromatic heterocycles. The fourth-order valence-electron chi connectivity index (χ4n) is 2.10. The van der Waals surface area contributed by atoms with E-state index in [4.69, 9.17) is 5.73 Å². The van der Waals surface area contributed by atoms with Gasteiger partial charge in [-0.05, 0) is 18.8 Å². The van der Waals surface area contributed by atoms with Gasteiger partial charge in [0, 0.05) is 19.3 Å². The molecular weight excluding hydrogens is 162 g/mol. The van der Waals surface area contributed by atoms with E-state index >= 15 is 0 Å². The SMILES string of the molecule is NCc1cn(CC2CCCC2)cn1. The van der Waals surface area contributed by atoms with Crippen molar-refractivity contribution in [2.45, 2.75) is 38.8 Å². The molecule has 1 saturated carbocycles. The highest BCUT2D eigenvalue weighted by Crippen LogP contribution is 2.25. The second kappa shape index (κ2) is 3.92. The molecule has 3 heteroatoms. The van der Waals surface area contributed by atoms with Gasteiger partial charge < -0.3 is 10.3 Å². The maximum atomic E-state index is 5.50. The van der Waals surface area contributed by atoms with Crippen LogP contribution in [0.2, 0.25) is 0 Å². The zero-order valence-corrected chi connectivity index (χ0v) is 7.95. The van der Waals surface area contributed by atoms with Crippen molar-refractivity contribution in [1.29, 1.82) is 0 Å². The van der Waals surface area contributed by atoms with Crippen molar-refractivity contribution in [2.24, 2.45) is 11.7 Å². The molecule has 1 aliphatic carbocycles. The van der Waals surface area contributed by atoms with E-state index in [2.05, 4.69) is 15.7 Å². The van der Waals surface area contributed by atoms with Crippen LogP contribution < -0.4 is 5.73 Å². The Morgan fingerprint density at radius 3 is 2.85 bits per heavy atom. The van der Waals surface area contributed by atoms with Crippen molar-refractivity contribution in [3.63, 3.8) is 0 Å². The Morgan fingerprint density at radius 1 is 1.46 bits per heavy atom. The largest absolute Gasteiger partial charge is 0.337 e. The molecule has 3 nitrogen and oxygen atoms in total. The van der Waals surface area contributed by atoms with Gasteiger partial charge in [0.05, 0.1) is 12.0 Å². The molecule has 0 aromatic carbocycles. The molecule has 2 N–H and O–H groups in total. The molecular formula is C10H17N3. The minimum Gasteiger partial charge on any atom is -0.337 e. The third kappa shape index (κ3) is 2.10. The second-order valence-corrected chi connectivity index (χ2v) is 3.92. The third-order valence-electron chi connectivity index (χ3n) is 2.84. The molecule has 1 aliphatic rings. The quantitative estimate of drug-likeness (QED) is 0.764. The Bertz CT molecular complexity index is 261. The second-order valence-electron chi connectivity index (χ2n) is 3.92. The number of hydrogen-bond acceptors (Lipinski definition) is 2. The van der Waals surface area contributed by atoms with Gasteiger partial charge in [-0.3, -0.25) is 0 Å². The zero-order chi connectivity index (χ0) is 9.10. The number of imidazole rings is 1. The molecule has 0 radical (unpaired) electrons. The fourth-order valence-corrected chi connectivity index (χ4v) is 2.10. The fraction of sp³-hybridized carbons (Fsp3) is 0.700. The first kappa shape index (κ1) is 8.75. The molecule has 13 heavy (non-hydrogen) atoms. The molecule has 0 saturated heterocycles. The molecule has 1 fully saturated rings. The van der Waals surface area contributed by atoms with Crippen LogP contribution in [0.3, 0.4) is 0 Å². The summed E-state index contributed by atoms with van der Waals surface area (Å²) in [5, 5.41) is 0. The van der Waals surface area contributed by atoms with Gasteiger partial charge in [-0.2, -0.15) is 0 Å². The van der Waals surface area contributed by atoms with E-state index in [1.807, 2.05) is 6.33 Å². The predicted molar refractivity (Wildman–Crippen MR) is 52.1 cm³/mol. The van der Waals surface area contributed by atoms with Gasteiger partial charge in [-0.15, -0.1) is 0 Å². The average molecular weight is 179 g/mol. The van der Waals surface area contributed by atoms with Crippen molar-refractivity contribution >= 4 is 0 Å². The van der Waals surface area contributed by atoms with E-state index in [-0.39, 0.29) is 0 Å². The molecule has 0 unspecified atom stereocenters. The first-order chi connectivity index (χ1) is 6.38. The molecule has 1 aromatic rings. The van der Waals surface area contributed by atoms with Crippen molar-refractivity contribution in [3.05, 3.63) is 18.2 Å². The van der Waals surface area contributed by atoms with E-state index in [0.717, 1.165) is 18.2 Å². The van der Waals surface area contributed by atoms with E-state index in [9.17, 15) is 0 Å². The highest BCUT2D eigenvalue weighted by atomic mass is 15.0. The monoisotopic (exact) mass is 179 g/mol. The summed E-state index contributed by atoms with van der Waals surface area (Å²) in [5.74, 6) is 0.875. The summed E-state index contributed by atoms with van der Waals surface area (Å²) in [7, 11) is 0. The maximum Gasteiger partial charge on any atom is 0.0950 e. The van der Waals surface area contributed by atoms with Crippen molar-refractivity contribution < 1.29 is 0 Å². The van der Waals surface area contributed by atoms with Crippen LogP contribution >= 0.6 is 0 Å². The highest BCUT2D eigenvalue weighted by molar-refractivity contribution is 4.95. The lowest BCUT2D eigenvalue weighted by Crippen LogP contribution is -2.05. The topological polar surface area (TPSA) is 43.8 Å². The van der Waals surface area contributed by atoms with E-state index in [0.29, 0.717) is 6.54 Å². The Balaban J connectivity index is 1.92. The molecule has 0 aliphatic heterocycles. The van der Waals surface area contributed by atoms with Crippen molar-refractivity contribution in [2.75, 3.05) is 0 Å². The molecule has 0 atom stereocenters. The number of hydrogen-bond donors (Lipinski definition) is 1. The smallest absolute Gasteiger partial charge is 0.0950 e. The van der Waals surface area contributed by atoms with E-state index in [1.54, 1.807) is 0 Å². The van der Waals surface area contributed by atoms with Gasteiger partial charge in [-0.25, -0.2) is 4.98 Å². The van der Waals surface area contributed by atoms with Crippen LogP contribution in [-0.4, -0.2) is 9.55 Å². The molecule has 0 bridgehead atoms. The van der Waals surface area contributed by atoms with Crippen LogP contribution in [0.1, 0.15) is 31.4 Å². The Labute approximate surface area is 79.0 Å². The first-order valence-electron chi connectivity index (χ1n) is 5.09. The molecule has 72 valence electrons. The summed E-state index contributed by atoms with van der Waals surface area (Å²) in [5.41, 5.74) is 6.49. The van der Waals surface area contributed by atoms with Crippen molar-refractivity contribution in [1.82, 2.24) is 9.55 Å². The lowest BCUT2D eigenvalue weighted by atomic mass is 10.1. The lowest BCUT2D eigenvalue weighted by Gasteiger charge is -2.08. The molecule has 1 heterocycles. The Morgan fingerprint density at radius 2 is 2.23 bits per heavy atom. The normalized spacial score (nSPS) is 18.2. The van der Waals surface area contributed by atoms with Gasteiger partial charge in [0.1, 0.15) is 0 Å². The molecule has 0 amide bonds. The Hall–Kier alpha value is -0.830. The first-order valence-corrected chi connectivity index (χ1v) is 5.09. The average Bonchev–Trinajstić information content (AvgIpc) is 2.76. The van der Waals surface area contributed by atoms with E-state index in [1.165, 1.54) is 25.7 Å². The summed E-state index contributed by atoms with van der Waals surface area (Å²) in [6.07, 6.45) is 9.55. The predicted octanol–water partition coefficient (Wildman–Crippen LogP) is 1.53. The highest BCUT2D eigenvalue weighted by Gasteiger charge is 2.15. The number of nitrogens with two attached hydrogens (primary N) is 1. The van der Waals surface area contributed by atoms with Crippen LogP contribution in [0.4, 0.5) is 0 Å². The van der Waals surface area contributed by atoms with Crippen molar-refractivity contribution in [3.8, 4) is 0 Å². The summed E-state index contributed by atoms with van der Waals surface area (Å²) in [4.78, 5) is 4.21. The number of nitrogens with zero attached hydrogens (tertiary/aromatic N) is 2. The minimum atomic E-state index is 0.553. The number of aromatic nitrogens is 2. The summed E-state index contributed by atoms with van der Waals surface area (Å²) >= 11 is 0. The van der Waals surface area contributed by atoms with Crippen LogP contribution in [0.15, 0.2) is 12.5 Å². The zero-order valence-electron chi connectivity index (χ0n) is 7.95. The summed E-state index contributed by atoms with van der Waals surface area (Å²) in [6, 6.07) is 0. The molecule has 0 spiro atoms. The van der Waals surface area contributed by atoms with E-state index < -0.39 is 0 Å². The standard InChI is InChI=1S/C10H17N3/c11-5-10-7-13(8-12-10)6-9-3-1-2-4-9/h7-9H,1-6,11H2. The summed E-state index contributed by atoms with van der Waals surface area (Å²) < 4.78 is 2.18. The van der Waals surface area contributed by atoms with Crippen LogP contribution in [-0.2, 0) is 13.1 Å². The van der Waals surface area contributed by atoms with Gasteiger partial charge >= 0.3 is 0 Å². The van der Waals surface area contributed by atoms with Crippen LogP contribution in [0.25, 0.3) is 0 Å². The summed E-state index contributed by atoms with van der Waals surface area (Å²) in [6.45, 7) is 1.69. The van der Waals surface area contributed by atoms with Crippen LogP contribution in [0, 0.1) is 5.92 Å². The van der Waals surface area contributed by atoms with Crippen LogP contribution in [0.5, 0.6) is 0 Å². The van der Waals surface area contributed by atoms with Gasteiger partial charge in [0.15, 0.2) is 0 Å². The number of rotatable bonds is 3. The van der Waals surface area contributed by atoms with Gasteiger partial charge in [0.2, 0.25) is 0 Å². The lowest BCUT2D eigenvalue weighted by molar-refractivity contribution is 0.457. The van der Waals surface area contributed by atoms with Gasteiger partial charge in [0.25, 0.3) is 0 Å².